The van der Waals surface area contributed by atoms with Crippen LogP contribution in [-0.4, -0.2) is 32.7 Å². The lowest BCUT2D eigenvalue weighted by molar-refractivity contribution is 0.550. The average Bonchev–Trinajstić information content (AvgIpc) is 2.88. The average molecular weight is 233 g/mol. The smallest absolute Gasteiger partial charge is 0.0534 e. The highest BCUT2D eigenvalue weighted by Crippen LogP contribution is 1.96. The van der Waals surface area contributed by atoms with Crippen LogP contribution in [0.3, 0.4) is 0 Å². The Labute approximate surface area is 101 Å². The number of nitrogens with one attached hydrogen (secondary N) is 1. The van der Waals surface area contributed by atoms with Gasteiger partial charge in [0.2, 0.25) is 0 Å². The summed E-state index contributed by atoms with van der Waals surface area (Å²) >= 11 is 0. The van der Waals surface area contributed by atoms with Gasteiger partial charge in [-0.05, 0) is 18.6 Å². The van der Waals surface area contributed by atoms with Gasteiger partial charge in [-0.15, -0.1) is 0 Å². The zero-order valence-corrected chi connectivity index (χ0v) is 10.4. The van der Waals surface area contributed by atoms with Crippen molar-refractivity contribution in [3.05, 3.63) is 35.9 Å². The normalized spacial score (nSPS) is 10.9. The van der Waals surface area contributed by atoms with Gasteiger partial charge < -0.3 is 5.32 Å². The molecule has 2 rings (SSSR count). The molecule has 17 heavy (non-hydrogen) atoms. The van der Waals surface area contributed by atoms with Crippen LogP contribution < -0.4 is 5.32 Å². The van der Waals surface area contributed by atoms with E-state index < -0.39 is 0 Å². The van der Waals surface area contributed by atoms with Crippen molar-refractivity contribution in [1.29, 1.82) is 0 Å². The first-order valence-corrected chi connectivity index (χ1v) is 5.92. The van der Waals surface area contributed by atoms with E-state index in [1.54, 1.807) is 0 Å². The molecular weight excluding hydrogens is 214 g/mol. The van der Waals surface area contributed by atoms with Crippen LogP contribution in [-0.2, 0) is 20.0 Å². The van der Waals surface area contributed by atoms with Gasteiger partial charge in [0.1, 0.15) is 0 Å². The molecule has 92 valence electrons. The first-order chi connectivity index (χ1) is 8.25. The summed E-state index contributed by atoms with van der Waals surface area (Å²) < 4.78 is 3.88. The Balaban J connectivity index is 1.62. The summed E-state index contributed by atoms with van der Waals surface area (Å²) in [6.07, 6.45) is 6.79. The first-order valence-electron chi connectivity index (χ1n) is 5.92. The number of aryl methyl sites for hydroxylation is 2. The largest absolute Gasteiger partial charge is 0.315 e. The van der Waals surface area contributed by atoms with Gasteiger partial charge in [0, 0.05) is 44.6 Å². The SMILES string of the molecule is Cc1cnn(CCNCCc2ccnn2C)c1. The van der Waals surface area contributed by atoms with Crippen LogP contribution in [0.4, 0.5) is 0 Å². The summed E-state index contributed by atoms with van der Waals surface area (Å²) in [7, 11) is 1.97. The Morgan fingerprint density at radius 2 is 2.18 bits per heavy atom. The van der Waals surface area contributed by atoms with Crippen molar-refractivity contribution < 1.29 is 0 Å². The fourth-order valence-corrected chi connectivity index (χ4v) is 1.77. The maximum Gasteiger partial charge on any atom is 0.0534 e. The van der Waals surface area contributed by atoms with Crippen LogP contribution in [0.1, 0.15) is 11.3 Å². The van der Waals surface area contributed by atoms with Crippen LogP contribution in [0.15, 0.2) is 24.7 Å². The summed E-state index contributed by atoms with van der Waals surface area (Å²) in [6, 6.07) is 2.05. The van der Waals surface area contributed by atoms with Gasteiger partial charge in [-0.1, -0.05) is 0 Å². The third-order valence-electron chi connectivity index (χ3n) is 2.76. The molecule has 0 amide bonds. The van der Waals surface area contributed by atoms with Gasteiger partial charge in [0.25, 0.3) is 0 Å². The van der Waals surface area contributed by atoms with E-state index in [-0.39, 0.29) is 0 Å². The molecule has 2 aromatic heterocycles. The monoisotopic (exact) mass is 233 g/mol. The maximum absolute atomic E-state index is 4.24. The quantitative estimate of drug-likeness (QED) is 0.749. The van der Waals surface area contributed by atoms with Gasteiger partial charge in [-0.3, -0.25) is 9.36 Å². The van der Waals surface area contributed by atoms with Gasteiger partial charge in [-0.25, -0.2) is 0 Å². The van der Waals surface area contributed by atoms with Crippen molar-refractivity contribution in [2.45, 2.75) is 19.9 Å². The molecule has 0 bridgehead atoms. The van der Waals surface area contributed by atoms with E-state index in [1.807, 2.05) is 28.8 Å². The van der Waals surface area contributed by atoms with Crippen LogP contribution >= 0.6 is 0 Å². The molecule has 0 spiro atoms. The standard InChI is InChI=1S/C12H19N5/c1-11-9-15-17(10-11)8-7-13-5-3-12-4-6-14-16(12)2/h4,6,9-10,13H,3,5,7-8H2,1-2H3. The molecule has 0 aliphatic carbocycles. The molecule has 5 nitrogen and oxygen atoms in total. The molecule has 0 unspecified atom stereocenters. The number of hydrogen-bond donors (Lipinski definition) is 1. The Morgan fingerprint density at radius 1 is 1.29 bits per heavy atom. The van der Waals surface area contributed by atoms with Gasteiger partial charge in [0.15, 0.2) is 0 Å². The van der Waals surface area contributed by atoms with E-state index in [0.717, 1.165) is 26.1 Å². The number of rotatable bonds is 6. The molecule has 0 saturated carbocycles. The minimum Gasteiger partial charge on any atom is -0.315 e. The van der Waals surface area contributed by atoms with Gasteiger partial charge in [0.05, 0.1) is 12.7 Å². The zero-order chi connectivity index (χ0) is 12.1. The first kappa shape index (κ1) is 11.9. The van der Waals surface area contributed by atoms with Crippen molar-refractivity contribution >= 4 is 0 Å². The summed E-state index contributed by atoms with van der Waals surface area (Å²) in [6.45, 7) is 4.89. The highest BCUT2D eigenvalue weighted by atomic mass is 15.3. The van der Waals surface area contributed by atoms with Crippen LogP contribution in [0.25, 0.3) is 0 Å². The fraction of sp³-hybridized carbons (Fsp3) is 0.500. The van der Waals surface area contributed by atoms with Crippen LogP contribution in [0.2, 0.25) is 0 Å². The molecule has 1 N–H and O–H groups in total. The van der Waals surface area contributed by atoms with Crippen molar-refractivity contribution in [1.82, 2.24) is 24.9 Å². The Bertz CT molecular complexity index is 457. The highest BCUT2D eigenvalue weighted by molar-refractivity contribution is 5.00. The Morgan fingerprint density at radius 3 is 2.82 bits per heavy atom. The molecule has 0 aromatic carbocycles. The van der Waals surface area contributed by atoms with Crippen LogP contribution in [0.5, 0.6) is 0 Å². The van der Waals surface area contributed by atoms with E-state index >= 15 is 0 Å². The predicted molar refractivity (Wildman–Crippen MR) is 66.7 cm³/mol. The second-order valence-electron chi connectivity index (χ2n) is 4.23. The molecule has 0 saturated heterocycles. The molecule has 2 heterocycles. The topological polar surface area (TPSA) is 47.7 Å². The van der Waals surface area contributed by atoms with Gasteiger partial charge in [-0.2, -0.15) is 10.2 Å². The van der Waals surface area contributed by atoms with E-state index in [4.69, 9.17) is 0 Å². The molecule has 0 aliphatic rings. The number of aromatic nitrogens is 4. The summed E-state index contributed by atoms with van der Waals surface area (Å²) in [4.78, 5) is 0. The van der Waals surface area contributed by atoms with E-state index in [9.17, 15) is 0 Å². The minimum atomic E-state index is 0.916. The van der Waals surface area contributed by atoms with Gasteiger partial charge >= 0.3 is 0 Å². The maximum atomic E-state index is 4.24. The highest BCUT2D eigenvalue weighted by Gasteiger charge is 1.98. The number of nitrogens with zero attached hydrogens (tertiary/aromatic N) is 4. The lowest BCUT2D eigenvalue weighted by Crippen LogP contribution is -2.23. The fourth-order valence-electron chi connectivity index (χ4n) is 1.77. The Kier molecular flexibility index (Phi) is 3.93. The molecular formula is C12H19N5. The number of hydrogen-bond acceptors (Lipinski definition) is 3. The van der Waals surface area contributed by atoms with E-state index in [0.29, 0.717) is 0 Å². The van der Waals surface area contributed by atoms with E-state index in [1.165, 1.54) is 11.3 Å². The lowest BCUT2D eigenvalue weighted by Gasteiger charge is -2.05. The molecule has 0 radical (unpaired) electrons. The molecule has 0 aliphatic heterocycles. The summed E-state index contributed by atoms with van der Waals surface area (Å²) in [5.41, 5.74) is 2.47. The van der Waals surface area contributed by atoms with Crippen molar-refractivity contribution in [3.63, 3.8) is 0 Å². The molecule has 0 fully saturated rings. The van der Waals surface area contributed by atoms with Crippen molar-refractivity contribution in [3.8, 4) is 0 Å². The third kappa shape index (κ3) is 3.42. The lowest BCUT2D eigenvalue weighted by atomic mass is 10.3. The van der Waals surface area contributed by atoms with Crippen LogP contribution in [0, 0.1) is 6.92 Å². The Hall–Kier alpha value is -1.62. The summed E-state index contributed by atoms with van der Waals surface area (Å²) in [5, 5.41) is 11.8. The van der Waals surface area contributed by atoms with E-state index in [2.05, 4.69) is 34.7 Å². The minimum absolute atomic E-state index is 0.916. The molecule has 2 aromatic rings. The third-order valence-corrected chi connectivity index (χ3v) is 2.76. The predicted octanol–water partition coefficient (Wildman–Crippen LogP) is 0.757. The van der Waals surface area contributed by atoms with Crippen molar-refractivity contribution in [2.75, 3.05) is 13.1 Å². The second-order valence-corrected chi connectivity index (χ2v) is 4.23. The molecule has 5 heteroatoms. The molecule has 0 atom stereocenters. The second kappa shape index (κ2) is 5.63. The van der Waals surface area contributed by atoms with Crippen molar-refractivity contribution in [2.24, 2.45) is 7.05 Å². The summed E-state index contributed by atoms with van der Waals surface area (Å²) in [5.74, 6) is 0. The zero-order valence-electron chi connectivity index (χ0n) is 10.4.